The standard InChI is InChI=1S/C18H14FN3O2.C6H5F/c19-17-15(16-10-24-18(23)22-16)6-12(8-21-17)2-1-11-5-14(9-20-7-11)13-3-4-13;7-6-4-2-1-3-5-6/h5-9,13,16H,3-4,10H2,(H,22,23);1-5H/t16-;/m0./s1. The molecule has 1 atom stereocenters. The van der Waals surface area contributed by atoms with Gasteiger partial charge in [-0.2, -0.15) is 4.39 Å². The van der Waals surface area contributed by atoms with E-state index in [1.807, 2.05) is 12.3 Å². The summed E-state index contributed by atoms with van der Waals surface area (Å²) in [5.74, 6) is 5.82. The van der Waals surface area contributed by atoms with Crippen LogP contribution in [0.5, 0.6) is 0 Å². The fraction of sp³-hybridized carbons (Fsp3) is 0.208. The van der Waals surface area contributed by atoms with Crippen LogP contribution in [0.25, 0.3) is 0 Å². The molecule has 1 aromatic carbocycles. The first kappa shape index (κ1) is 20.5. The number of cyclic esters (lactones) is 1. The van der Waals surface area contributed by atoms with E-state index in [0.717, 1.165) is 5.56 Å². The molecule has 156 valence electrons. The van der Waals surface area contributed by atoms with Crippen LogP contribution < -0.4 is 5.32 Å². The minimum Gasteiger partial charge on any atom is -0.447 e. The third-order valence-electron chi connectivity index (χ3n) is 4.81. The van der Waals surface area contributed by atoms with E-state index < -0.39 is 18.1 Å². The first-order valence-electron chi connectivity index (χ1n) is 9.85. The molecule has 0 unspecified atom stereocenters. The van der Waals surface area contributed by atoms with Crippen LogP contribution in [0.4, 0.5) is 13.6 Å². The van der Waals surface area contributed by atoms with Crippen molar-refractivity contribution >= 4 is 6.09 Å². The summed E-state index contributed by atoms with van der Waals surface area (Å²) in [6, 6.07) is 11.0. The van der Waals surface area contributed by atoms with Crippen LogP contribution in [0.3, 0.4) is 0 Å². The molecule has 0 radical (unpaired) electrons. The van der Waals surface area contributed by atoms with Crippen LogP contribution >= 0.6 is 0 Å². The van der Waals surface area contributed by atoms with Crippen molar-refractivity contribution in [1.29, 1.82) is 0 Å². The number of amides is 1. The SMILES string of the molecule is Fc1ccccc1.O=C1N[C@H](c2cc(C#Cc3cncc(C4CC4)c3)cnc2F)CO1. The van der Waals surface area contributed by atoms with Crippen LogP contribution in [0, 0.1) is 23.6 Å². The Labute approximate surface area is 178 Å². The van der Waals surface area contributed by atoms with Gasteiger partial charge in [0.1, 0.15) is 12.4 Å². The molecule has 3 heterocycles. The topological polar surface area (TPSA) is 64.1 Å². The molecule has 1 aliphatic carbocycles. The molecule has 5 nitrogen and oxygen atoms in total. The number of aromatic nitrogens is 2. The van der Waals surface area contributed by atoms with E-state index in [0.29, 0.717) is 11.5 Å². The van der Waals surface area contributed by atoms with Crippen molar-refractivity contribution in [2.24, 2.45) is 0 Å². The average Bonchev–Trinajstić information content (AvgIpc) is 3.55. The van der Waals surface area contributed by atoms with E-state index in [9.17, 15) is 13.6 Å². The van der Waals surface area contributed by atoms with E-state index in [-0.39, 0.29) is 18.0 Å². The highest BCUT2D eigenvalue weighted by Crippen LogP contribution is 2.39. The number of alkyl carbamates (subject to hydrolysis) is 1. The fourth-order valence-electron chi connectivity index (χ4n) is 3.05. The predicted octanol–water partition coefficient (Wildman–Crippen LogP) is 4.50. The van der Waals surface area contributed by atoms with Gasteiger partial charge in [0, 0.05) is 35.3 Å². The highest BCUT2D eigenvalue weighted by atomic mass is 19.1. The summed E-state index contributed by atoms with van der Waals surface area (Å²) in [6.07, 6.45) is 6.82. The van der Waals surface area contributed by atoms with Crippen molar-refractivity contribution in [2.45, 2.75) is 24.8 Å². The van der Waals surface area contributed by atoms with Gasteiger partial charge in [-0.25, -0.2) is 14.2 Å². The third-order valence-corrected chi connectivity index (χ3v) is 4.81. The molecule has 1 N–H and O–H groups in total. The molecule has 2 aromatic heterocycles. The lowest BCUT2D eigenvalue weighted by Gasteiger charge is -2.08. The zero-order valence-corrected chi connectivity index (χ0v) is 16.5. The van der Waals surface area contributed by atoms with Crippen LogP contribution in [0.15, 0.2) is 61.1 Å². The van der Waals surface area contributed by atoms with Crippen molar-refractivity contribution in [3.63, 3.8) is 0 Å². The zero-order valence-electron chi connectivity index (χ0n) is 16.5. The Morgan fingerprint density at radius 3 is 2.35 bits per heavy atom. The van der Waals surface area contributed by atoms with Gasteiger partial charge in [0.2, 0.25) is 5.95 Å². The lowest BCUT2D eigenvalue weighted by molar-refractivity contribution is 0.176. The molecule has 3 aromatic rings. The van der Waals surface area contributed by atoms with Crippen molar-refractivity contribution < 1.29 is 18.3 Å². The highest BCUT2D eigenvalue weighted by molar-refractivity contribution is 5.70. The van der Waals surface area contributed by atoms with Crippen LogP contribution in [0.1, 0.15) is 47.1 Å². The number of carbonyl (C=O) groups is 1. The Balaban J connectivity index is 0.000000282. The van der Waals surface area contributed by atoms with Gasteiger partial charge in [0.15, 0.2) is 0 Å². The predicted molar refractivity (Wildman–Crippen MR) is 110 cm³/mol. The summed E-state index contributed by atoms with van der Waals surface area (Å²) in [7, 11) is 0. The van der Waals surface area contributed by atoms with Gasteiger partial charge in [0.25, 0.3) is 0 Å². The van der Waals surface area contributed by atoms with E-state index in [4.69, 9.17) is 4.74 Å². The van der Waals surface area contributed by atoms with E-state index in [2.05, 4.69) is 27.1 Å². The summed E-state index contributed by atoms with van der Waals surface area (Å²) in [5.41, 5.74) is 2.88. The summed E-state index contributed by atoms with van der Waals surface area (Å²) >= 11 is 0. The Morgan fingerprint density at radius 1 is 1.00 bits per heavy atom. The monoisotopic (exact) mass is 419 g/mol. The third kappa shape index (κ3) is 5.64. The van der Waals surface area contributed by atoms with Crippen LogP contribution in [-0.2, 0) is 4.74 Å². The molecule has 1 aliphatic heterocycles. The Morgan fingerprint density at radius 2 is 1.74 bits per heavy atom. The first-order chi connectivity index (χ1) is 15.1. The molecular weight excluding hydrogens is 400 g/mol. The van der Waals surface area contributed by atoms with Gasteiger partial charge in [-0.1, -0.05) is 30.0 Å². The summed E-state index contributed by atoms with van der Waals surface area (Å²) in [5, 5.41) is 2.54. The smallest absolute Gasteiger partial charge is 0.407 e. The quantitative estimate of drug-likeness (QED) is 0.491. The van der Waals surface area contributed by atoms with Crippen molar-refractivity contribution in [1.82, 2.24) is 15.3 Å². The van der Waals surface area contributed by atoms with E-state index >= 15 is 0 Å². The second-order valence-electron chi connectivity index (χ2n) is 7.23. The van der Waals surface area contributed by atoms with Crippen LogP contribution in [0.2, 0.25) is 0 Å². The average molecular weight is 419 g/mol. The summed E-state index contributed by atoms with van der Waals surface area (Å²) in [4.78, 5) is 19.1. The molecule has 2 fully saturated rings. The number of rotatable bonds is 2. The Bertz CT molecular complexity index is 1140. The number of hydrogen-bond acceptors (Lipinski definition) is 4. The van der Waals surface area contributed by atoms with Crippen LogP contribution in [-0.4, -0.2) is 22.7 Å². The second kappa shape index (κ2) is 9.35. The number of ether oxygens (including phenoxy) is 1. The summed E-state index contributed by atoms with van der Waals surface area (Å²) in [6.45, 7) is 0.0850. The first-order valence-corrected chi connectivity index (χ1v) is 9.85. The Hall–Kier alpha value is -3.79. The van der Waals surface area contributed by atoms with E-state index in [1.165, 1.54) is 36.7 Å². The molecule has 1 saturated carbocycles. The number of carbonyl (C=O) groups excluding carboxylic acids is 1. The van der Waals surface area contributed by atoms with Gasteiger partial charge < -0.3 is 10.1 Å². The van der Waals surface area contributed by atoms with Crippen molar-refractivity contribution in [3.05, 3.63) is 95.1 Å². The maximum absolute atomic E-state index is 13.9. The lowest BCUT2D eigenvalue weighted by atomic mass is 10.1. The fourth-order valence-corrected chi connectivity index (χ4v) is 3.05. The maximum Gasteiger partial charge on any atom is 0.407 e. The summed E-state index contributed by atoms with van der Waals surface area (Å²) < 4.78 is 30.6. The van der Waals surface area contributed by atoms with Gasteiger partial charge in [-0.3, -0.25) is 4.98 Å². The molecule has 2 aliphatic rings. The minimum absolute atomic E-state index is 0.0850. The van der Waals surface area contributed by atoms with Gasteiger partial charge in [-0.05, 0) is 48.6 Å². The lowest BCUT2D eigenvalue weighted by Crippen LogP contribution is -2.19. The van der Waals surface area contributed by atoms with E-state index in [1.54, 1.807) is 30.5 Å². The molecular formula is C24H19F2N3O2. The van der Waals surface area contributed by atoms with Gasteiger partial charge in [-0.15, -0.1) is 0 Å². The number of benzene rings is 1. The molecule has 1 saturated heterocycles. The molecule has 0 spiro atoms. The van der Waals surface area contributed by atoms with Crippen molar-refractivity contribution in [3.8, 4) is 11.8 Å². The number of nitrogens with one attached hydrogen (secondary N) is 1. The largest absolute Gasteiger partial charge is 0.447 e. The molecule has 7 heteroatoms. The second-order valence-corrected chi connectivity index (χ2v) is 7.23. The van der Waals surface area contributed by atoms with Gasteiger partial charge >= 0.3 is 6.09 Å². The zero-order chi connectivity index (χ0) is 21.6. The maximum atomic E-state index is 13.9. The molecule has 0 bridgehead atoms. The van der Waals surface area contributed by atoms with Crippen molar-refractivity contribution in [2.75, 3.05) is 6.61 Å². The molecule has 1 amide bonds. The Kier molecular flexibility index (Phi) is 6.18. The normalized spacial score (nSPS) is 16.8. The molecule has 31 heavy (non-hydrogen) atoms. The highest BCUT2D eigenvalue weighted by Gasteiger charge is 2.27. The molecule has 5 rings (SSSR count). The minimum atomic E-state index is -0.631. The number of hydrogen-bond donors (Lipinski definition) is 1. The number of pyridine rings is 2. The van der Waals surface area contributed by atoms with Gasteiger partial charge in [0.05, 0.1) is 6.04 Å². The number of halogens is 2. The number of nitrogens with zero attached hydrogens (tertiary/aromatic N) is 2.